The summed E-state index contributed by atoms with van der Waals surface area (Å²) in [6.45, 7) is 5.23. The lowest BCUT2D eigenvalue weighted by molar-refractivity contribution is 0.0976. The smallest absolute Gasteiger partial charge is 0.279 e. The zero-order chi connectivity index (χ0) is 23.6. The number of hydrogen-bond acceptors (Lipinski definition) is 4. The highest BCUT2D eigenvalue weighted by Crippen LogP contribution is 2.28. The Labute approximate surface area is 196 Å². The van der Waals surface area contributed by atoms with E-state index < -0.39 is 21.7 Å². The third-order valence-electron chi connectivity index (χ3n) is 4.58. The average Bonchev–Trinajstić information content (AvgIpc) is 2.71. The standard InChI is InChI=1S/C22H20Cl2FN3O3S/c1-13(2)28(17-6-4-16(25)5-7-17)22(29)21-20(11-15(23)12-26-21)27-32(30,31)18-8-9-19(24)14(3)10-18/h4-13,27H,1-3H3. The van der Waals surface area contributed by atoms with E-state index in [2.05, 4.69) is 9.71 Å². The molecule has 1 N–H and O–H groups in total. The first-order valence-corrected chi connectivity index (χ1v) is 11.8. The fourth-order valence-electron chi connectivity index (χ4n) is 3.04. The Balaban J connectivity index is 2.04. The summed E-state index contributed by atoms with van der Waals surface area (Å²) in [6, 6.07) is 10.6. The Kier molecular flexibility index (Phi) is 7.07. The summed E-state index contributed by atoms with van der Waals surface area (Å²) in [4.78, 5) is 18.8. The fraction of sp³-hybridized carbons (Fsp3) is 0.182. The molecule has 3 rings (SSSR count). The molecule has 0 aliphatic carbocycles. The van der Waals surface area contributed by atoms with Gasteiger partial charge in [-0.15, -0.1) is 0 Å². The van der Waals surface area contributed by atoms with Crippen molar-refractivity contribution in [3.05, 3.63) is 81.8 Å². The maximum absolute atomic E-state index is 13.4. The van der Waals surface area contributed by atoms with Crippen molar-refractivity contribution < 1.29 is 17.6 Å². The van der Waals surface area contributed by atoms with Gasteiger partial charge >= 0.3 is 0 Å². The van der Waals surface area contributed by atoms with Crippen LogP contribution in [-0.2, 0) is 10.0 Å². The molecule has 0 unspecified atom stereocenters. The summed E-state index contributed by atoms with van der Waals surface area (Å²) in [5, 5.41) is 0.570. The minimum Gasteiger partial charge on any atom is -0.304 e. The van der Waals surface area contributed by atoms with E-state index in [-0.39, 0.29) is 27.3 Å². The van der Waals surface area contributed by atoms with E-state index >= 15 is 0 Å². The molecule has 1 heterocycles. The summed E-state index contributed by atoms with van der Waals surface area (Å²) in [5.74, 6) is -1.02. The molecule has 0 bridgehead atoms. The lowest BCUT2D eigenvalue weighted by Crippen LogP contribution is -2.38. The number of pyridine rings is 1. The molecular weight excluding hydrogens is 476 g/mol. The molecule has 1 aromatic heterocycles. The number of amides is 1. The number of carbonyl (C=O) groups is 1. The molecule has 1 amide bonds. The van der Waals surface area contributed by atoms with Crippen molar-refractivity contribution >= 4 is 50.5 Å². The van der Waals surface area contributed by atoms with E-state index in [1.165, 1.54) is 59.6 Å². The van der Waals surface area contributed by atoms with Gasteiger partial charge in [0.15, 0.2) is 5.69 Å². The minimum atomic E-state index is -4.07. The maximum Gasteiger partial charge on any atom is 0.279 e. The second-order valence-electron chi connectivity index (χ2n) is 7.31. The Morgan fingerprint density at radius 2 is 1.75 bits per heavy atom. The predicted molar refractivity (Wildman–Crippen MR) is 125 cm³/mol. The van der Waals surface area contributed by atoms with Gasteiger partial charge in [0.05, 0.1) is 15.6 Å². The average molecular weight is 496 g/mol. The van der Waals surface area contributed by atoms with Gasteiger partial charge in [0.2, 0.25) is 0 Å². The number of aromatic nitrogens is 1. The molecule has 0 fully saturated rings. The molecule has 168 valence electrons. The molecule has 32 heavy (non-hydrogen) atoms. The van der Waals surface area contributed by atoms with Crippen LogP contribution in [0.15, 0.2) is 59.6 Å². The maximum atomic E-state index is 13.4. The first-order chi connectivity index (χ1) is 15.0. The van der Waals surface area contributed by atoms with Gasteiger partial charge in [-0.05, 0) is 74.9 Å². The van der Waals surface area contributed by atoms with Gasteiger partial charge in [0.25, 0.3) is 15.9 Å². The van der Waals surface area contributed by atoms with Crippen molar-refractivity contribution in [2.24, 2.45) is 0 Å². The summed E-state index contributed by atoms with van der Waals surface area (Å²) in [7, 11) is -4.07. The van der Waals surface area contributed by atoms with Gasteiger partial charge < -0.3 is 4.90 Å². The highest BCUT2D eigenvalue weighted by Gasteiger charge is 2.27. The second-order valence-corrected chi connectivity index (χ2v) is 9.84. The molecule has 0 radical (unpaired) electrons. The van der Waals surface area contributed by atoms with Crippen LogP contribution in [0.5, 0.6) is 0 Å². The van der Waals surface area contributed by atoms with Crippen molar-refractivity contribution in [3.8, 4) is 0 Å². The number of anilines is 2. The Morgan fingerprint density at radius 3 is 2.34 bits per heavy atom. The molecule has 0 aliphatic rings. The lowest BCUT2D eigenvalue weighted by Gasteiger charge is -2.27. The summed E-state index contributed by atoms with van der Waals surface area (Å²) in [5.41, 5.74) is 0.784. The minimum absolute atomic E-state index is 0.0305. The van der Waals surface area contributed by atoms with Crippen LogP contribution in [0.4, 0.5) is 15.8 Å². The lowest BCUT2D eigenvalue weighted by atomic mass is 10.2. The summed E-state index contributed by atoms with van der Waals surface area (Å²) >= 11 is 12.0. The van der Waals surface area contributed by atoms with Gasteiger partial charge in [0, 0.05) is 22.9 Å². The molecule has 2 aromatic carbocycles. The molecule has 0 saturated carbocycles. The van der Waals surface area contributed by atoms with E-state index in [1.807, 2.05) is 0 Å². The summed E-state index contributed by atoms with van der Waals surface area (Å²) < 4.78 is 41.7. The highest BCUT2D eigenvalue weighted by atomic mass is 35.5. The van der Waals surface area contributed by atoms with Crippen molar-refractivity contribution in [1.29, 1.82) is 0 Å². The first kappa shape index (κ1) is 24.0. The van der Waals surface area contributed by atoms with E-state index in [4.69, 9.17) is 23.2 Å². The molecule has 0 aliphatic heterocycles. The molecule has 0 saturated heterocycles. The van der Waals surface area contributed by atoms with Crippen molar-refractivity contribution in [2.45, 2.75) is 31.7 Å². The van der Waals surface area contributed by atoms with Crippen LogP contribution in [0, 0.1) is 12.7 Å². The van der Waals surface area contributed by atoms with Crippen molar-refractivity contribution in [2.75, 3.05) is 9.62 Å². The van der Waals surface area contributed by atoms with E-state index in [1.54, 1.807) is 20.8 Å². The Morgan fingerprint density at radius 1 is 1.09 bits per heavy atom. The molecule has 10 heteroatoms. The Bertz CT molecular complexity index is 1270. The third-order valence-corrected chi connectivity index (χ3v) is 6.57. The number of hydrogen-bond donors (Lipinski definition) is 1. The van der Waals surface area contributed by atoms with Crippen LogP contribution in [0.1, 0.15) is 29.9 Å². The van der Waals surface area contributed by atoms with Gasteiger partial charge in [-0.2, -0.15) is 0 Å². The molecular formula is C22H20Cl2FN3O3S. The van der Waals surface area contributed by atoms with Gasteiger partial charge in [-0.1, -0.05) is 23.2 Å². The number of aryl methyl sites for hydroxylation is 1. The van der Waals surface area contributed by atoms with E-state index in [0.29, 0.717) is 16.3 Å². The zero-order valence-corrected chi connectivity index (χ0v) is 19.8. The fourth-order valence-corrected chi connectivity index (χ4v) is 4.46. The van der Waals surface area contributed by atoms with E-state index in [0.717, 1.165) is 0 Å². The topological polar surface area (TPSA) is 79.4 Å². The molecule has 0 atom stereocenters. The number of nitrogens with one attached hydrogen (secondary N) is 1. The van der Waals surface area contributed by atoms with Crippen LogP contribution in [0.25, 0.3) is 0 Å². The zero-order valence-electron chi connectivity index (χ0n) is 17.4. The first-order valence-electron chi connectivity index (χ1n) is 9.53. The van der Waals surface area contributed by atoms with Crippen LogP contribution in [-0.4, -0.2) is 25.4 Å². The Hall–Kier alpha value is -2.68. The highest BCUT2D eigenvalue weighted by molar-refractivity contribution is 7.92. The van der Waals surface area contributed by atoms with Crippen molar-refractivity contribution in [1.82, 2.24) is 4.98 Å². The van der Waals surface area contributed by atoms with Crippen LogP contribution < -0.4 is 9.62 Å². The van der Waals surface area contributed by atoms with Gasteiger partial charge in [0.1, 0.15) is 5.82 Å². The normalized spacial score (nSPS) is 11.5. The third kappa shape index (κ3) is 5.20. The van der Waals surface area contributed by atoms with E-state index in [9.17, 15) is 17.6 Å². The summed E-state index contributed by atoms with van der Waals surface area (Å²) in [6.07, 6.45) is 1.25. The van der Waals surface area contributed by atoms with Crippen LogP contribution in [0.3, 0.4) is 0 Å². The number of rotatable bonds is 6. The molecule has 3 aromatic rings. The molecule has 6 nitrogen and oxygen atoms in total. The molecule has 0 spiro atoms. The number of nitrogens with zero attached hydrogens (tertiary/aromatic N) is 2. The number of sulfonamides is 1. The quantitative estimate of drug-likeness (QED) is 0.476. The number of halogens is 3. The van der Waals surface area contributed by atoms with Crippen molar-refractivity contribution in [3.63, 3.8) is 0 Å². The SMILES string of the molecule is Cc1cc(S(=O)(=O)Nc2cc(Cl)cnc2C(=O)N(c2ccc(F)cc2)C(C)C)ccc1Cl. The van der Waals surface area contributed by atoms with Gasteiger partial charge in [-0.25, -0.2) is 17.8 Å². The second kappa shape index (κ2) is 9.44. The monoisotopic (exact) mass is 495 g/mol. The van der Waals surface area contributed by atoms with Crippen LogP contribution in [0.2, 0.25) is 10.0 Å². The number of benzene rings is 2. The van der Waals surface area contributed by atoms with Crippen LogP contribution >= 0.6 is 23.2 Å². The number of carbonyl (C=O) groups excluding carboxylic acids is 1. The predicted octanol–water partition coefficient (Wildman–Crippen LogP) is 5.69. The largest absolute Gasteiger partial charge is 0.304 e. The van der Waals surface area contributed by atoms with Gasteiger partial charge in [-0.3, -0.25) is 9.52 Å².